The number of aromatic nitrogens is 1. The van der Waals surface area contributed by atoms with Crippen LogP contribution in [0.1, 0.15) is 23.2 Å². The summed E-state index contributed by atoms with van der Waals surface area (Å²) in [6.07, 6.45) is 3.56. The molecule has 1 unspecified atom stereocenters. The number of carbonyl (C=O) groups is 1. The fourth-order valence-electron chi connectivity index (χ4n) is 1.74. The first kappa shape index (κ1) is 10.9. The molecule has 0 aliphatic carbocycles. The molecule has 1 saturated heterocycles. The monoisotopic (exact) mass is 222 g/mol. The summed E-state index contributed by atoms with van der Waals surface area (Å²) >= 11 is 0. The summed E-state index contributed by atoms with van der Waals surface area (Å²) in [4.78, 5) is 15.0. The number of hydrogen-bond donors (Lipinski definition) is 2. The zero-order valence-electron chi connectivity index (χ0n) is 8.85. The number of ether oxygens (including phenoxy) is 1. The molecule has 16 heavy (non-hydrogen) atoms. The van der Waals surface area contributed by atoms with E-state index in [1.165, 1.54) is 0 Å². The molecule has 1 fully saturated rings. The van der Waals surface area contributed by atoms with E-state index in [1.807, 2.05) is 0 Å². The molecule has 2 rings (SSSR count). The molecule has 1 aliphatic rings. The van der Waals surface area contributed by atoms with Crippen LogP contribution >= 0.6 is 0 Å². The van der Waals surface area contributed by atoms with Crippen molar-refractivity contribution in [3.05, 3.63) is 23.9 Å². The predicted octanol–water partition coefficient (Wildman–Crippen LogP) is 1.37. The Morgan fingerprint density at radius 3 is 3.19 bits per heavy atom. The third-order valence-corrected chi connectivity index (χ3v) is 2.54. The Morgan fingerprint density at radius 2 is 2.50 bits per heavy atom. The van der Waals surface area contributed by atoms with Crippen molar-refractivity contribution in [2.75, 3.05) is 18.5 Å². The minimum atomic E-state index is -0.965. The maximum atomic E-state index is 11.0. The second-order valence-electron chi connectivity index (χ2n) is 3.76. The summed E-state index contributed by atoms with van der Waals surface area (Å²) in [7, 11) is 0. The second-order valence-corrected chi connectivity index (χ2v) is 3.76. The van der Waals surface area contributed by atoms with Crippen molar-refractivity contribution in [3.63, 3.8) is 0 Å². The van der Waals surface area contributed by atoms with Gasteiger partial charge in [0.1, 0.15) is 11.4 Å². The Labute approximate surface area is 93.5 Å². The first-order valence-electron chi connectivity index (χ1n) is 5.30. The van der Waals surface area contributed by atoms with E-state index in [0.717, 1.165) is 19.4 Å². The van der Waals surface area contributed by atoms with Crippen LogP contribution in [0.3, 0.4) is 0 Å². The normalized spacial score (nSPS) is 20.4. The lowest BCUT2D eigenvalue weighted by molar-refractivity contribution is 0.0696. The number of nitrogens with one attached hydrogen (secondary N) is 1. The zero-order valence-corrected chi connectivity index (χ0v) is 8.85. The molecule has 1 atom stereocenters. The minimum Gasteiger partial charge on any atom is -0.478 e. The number of carboxylic acids is 1. The molecule has 5 nitrogen and oxygen atoms in total. The van der Waals surface area contributed by atoms with Crippen LogP contribution in [-0.2, 0) is 4.74 Å². The predicted molar refractivity (Wildman–Crippen MR) is 58.7 cm³/mol. The maximum Gasteiger partial charge on any atom is 0.339 e. The standard InChI is InChI=1S/C11H14N2O3/c14-11(15)9-4-1-5-12-10(9)13-8-3-2-6-16-7-8/h1,4-5,8H,2-3,6-7H2,(H,12,13)(H,14,15). The number of carboxylic acid groups (broad SMARTS) is 1. The van der Waals surface area contributed by atoms with Crippen LogP contribution in [0.2, 0.25) is 0 Å². The Bertz CT molecular complexity index is 375. The molecule has 5 heteroatoms. The molecule has 1 aromatic rings. The molecule has 1 aromatic heterocycles. The SMILES string of the molecule is O=C(O)c1cccnc1NC1CCCOC1. The van der Waals surface area contributed by atoms with Crippen molar-refractivity contribution in [2.24, 2.45) is 0 Å². The molecule has 0 aromatic carbocycles. The smallest absolute Gasteiger partial charge is 0.339 e. The molecule has 0 spiro atoms. The molecule has 2 heterocycles. The number of aromatic carboxylic acids is 1. The Balaban J connectivity index is 2.10. The van der Waals surface area contributed by atoms with Crippen LogP contribution in [0, 0.1) is 0 Å². The van der Waals surface area contributed by atoms with E-state index in [-0.39, 0.29) is 11.6 Å². The molecule has 0 amide bonds. The van der Waals surface area contributed by atoms with Gasteiger partial charge in [-0.1, -0.05) is 0 Å². The number of hydrogen-bond acceptors (Lipinski definition) is 4. The molecule has 86 valence electrons. The van der Waals surface area contributed by atoms with Gasteiger partial charge < -0.3 is 15.2 Å². The molecule has 0 radical (unpaired) electrons. The lowest BCUT2D eigenvalue weighted by Gasteiger charge is -2.24. The number of rotatable bonds is 3. The number of anilines is 1. The highest BCUT2D eigenvalue weighted by molar-refractivity contribution is 5.93. The van der Waals surface area contributed by atoms with Crippen LogP contribution in [0.5, 0.6) is 0 Å². The first-order valence-corrected chi connectivity index (χ1v) is 5.30. The summed E-state index contributed by atoms with van der Waals surface area (Å²) in [5.74, 6) is -0.544. The van der Waals surface area contributed by atoms with Crippen molar-refractivity contribution in [1.29, 1.82) is 0 Å². The summed E-state index contributed by atoms with van der Waals surface area (Å²) < 4.78 is 5.32. The minimum absolute atomic E-state index is 0.154. The van der Waals surface area contributed by atoms with Crippen molar-refractivity contribution < 1.29 is 14.6 Å². The topological polar surface area (TPSA) is 71.5 Å². The van der Waals surface area contributed by atoms with E-state index >= 15 is 0 Å². The van der Waals surface area contributed by atoms with Gasteiger partial charge in [0.25, 0.3) is 0 Å². The number of nitrogens with zero attached hydrogens (tertiary/aromatic N) is 1. The molecule has 1 aliphatic heterocycles. The summed E-state index contributed by atoms with van der Waals surface area (Å²) in [6.45, 7) is 1.39. The summed E-state index contributed by atoms with van der Waals surface area (Å²) in [5.41, 5.74) is 0.202. The van der Waals surface area contributed by atoms with E-state index in [1.54, 1.807) is 18.3 Å². The summed E-state index contributed by atoms with van der Waals surface area (Å²) in [6, 6.07) is 3.31. The summed E-state index contributed by atoms with van der Waals surface area (Å²) in [5, 5.41) is 12.1. The zero-order chi connectivity index (χ0) is 11.4. The highest BCUT2D eigenvalue weighted by Crippen LogP contribution is 2.16. The van der Waals surface area contributed by atoms with Crippen LogP contribution in [0.25, 0.3) is 0 Å². The molecule has 2 N–H and O–H groups in total. The van der Waals surface area contributed by atoms with Gasteiger partial charge in [0.05, 0.1) is 12.6 Å². The Morgan fingerprint density at radius 1 is 1.62 bits per heavy atom. The second kappa shape index (κ2) is 4.94. The fraction of sp³-hybridized carbons (Fsp3) is 0.455. The third kappa shape index (κ3) is 2.49. The highest BCUT2D eigenvalue weighted by atomic mass is 16.5. The van der Waals surface area contributed by atoms with Crippen molar-refractivity contribution >= 4 is 11.8 Å². The van der Waals surface area contributed by atoms with Gasteiger partial charge in [0.2, 0.25) is 0 Å². The van der Waals surface area contributed by atoms with E-state index in [9.17, 15) is 4.79 Å². The largest absolute Gasteiger partial charge is 0.478 e. The van der Waals surface area contributed by atoms with E-state index in [0.29, 0.717) is 12.4 Å². The van der Waals surface area contributed by atoms with Crippen LogP contribution < -0.4 is 5.32 Å². The van der Waals surface area contributed by atoms with Crippen molar-refractivity contribution in [2.45, 2.75) is 18.9 Å². The van der Waals surface area contributed by atoms with Crippen LogP contribution in [0.15, 0.2) is 18.3 Å². The average Bonchev–Trinajstić information content (AvgIpc) is 2.31. The van der Waals surface area contributed by atoms with Gasteiger partial charge in [-0.05, 0) is 25.0 Å². The van der Waals surface area contributed by atoms with Gasteiger partial charge in [0, 0.05) is 12.8 Å². The van der Waals surface area contributed by atoms with E-state index < -0.39 is 5.97 Å². The van der Waals surface area contributed by atoms with Crippen molar-refractivity contribution in [3.8, 4) is 0 Å². The average molecular weight is 222 g/mol. The van der Waals surface area contributed by atoms with Gasteiger partial charge in [-0.2, -0.15) is 0 Å². The third-order valence-electron chi connectivity index (χ3n) is 2.54. The van der Waals surface area contributed by atoms with Gasteiger partial charge >= 0.3 is 5.97 Å². The quantitative estimate of drug-likeness (QED) is 0.808. The molecular formula is C11H14N2O3. The lowest BCUT2D eigenvalue weighted by atomic mass is 10.1. The van der Waals surface area contributed by atoms with E-state index in [4.69, 9.17) is 9.84 Å². The first-order chi connectivity index (χ1) is 7.77. The Kier molecular flexibility index (Phi) is 3.36. The lowest BCUT2D eigenvalue weighted by Crippen LogP contribution is -2.31. The molecule has 0 bridgehead atoms. The molecule has 0 saturated carbocycles. The van der Waals surface area contributed by atoms with Gasteiger partial charge in [-0.15, -0.1) is 0 Å². The van der Waals surface area contributed by atoms with Gasteiger partial charge in [-0.25, -0.2) is 9.78 Å². The van der Waals surface area contributed by atoms with Gasteiger partial charge in [-0.3, -0.25) is 0 Å². The van der Waals surface area contributed by atoms with Gasteiger partial charge in [0.15, 0.2) is 0 Å². The maximum absolute atomic E-state index is 11.0. The Hall–Kier alpha value is -1.62. The van der Waals surface area contributed by atoms with Crippen molar-refractivity contribution in [1.82, 2.24) is 4.98 Å². The van der Waals surface area contributed by atoms with E-state index in [2.05, 4.69) is 10.3 Å². The van der Waals surface area contributed by atoms with Crippen LogP contribution in [0.4, 0.5) is 5.82 Å². The highest BCUT2D eigenvalue weighted by Gasteiger charge is 2.17. The van der Waals surface area contributed by atoms with Crippen LogP contribution in [-0.4, -0.2) is 35.3 Å². The number of pyridine rings is 1. The molecular weight excluding hydrogens is 208 g/mol. The fourth-order valence-corrected chi connectivity index (χ4v) is 1.74.